The fraction of sp³-hybridized carbons (Fsp3) is 0.250. The van der Waals surface area contributed by atoms with Gasteiger partial charge in [0.1, 0.15) is 0 Å². The highest BCUT2D eigenvalue weighted by Crippen LogP contribution is 2.18. The first-order chi connectivity index (χ1) is 11.0. The number of thiazole rings is 1. The normalized spacial score (nSPS) is 11.6. The van der Waals surface area contributed by atoms with Crippen molar-refractivity contribution in [3.63, 3.8) is 0 Å². The molecular formula is C16H17N3O3S. The van der Waals surface area contributed by atoms with E-state index in [4.69, 9.17) is 0 Å². The van der Waals surface area contributed by atoms with Crippen LogP contribution in [0.5, 0.6) is 0 Å². The summed E-state index contributed by atoms with van der Waals surface area (Å²) in [5, 5.41) is 5.77. The molecule has 6 nitrogen and oxygen atoms in total. The third-order valence-corrected chi connectivity index (χ3v) is 4.02. The van der Waals surface area contributed by atoms with E-state index in [9.17, 15) is 14.4 Å². The number of amides is 2. The van der Waals surface area contributed by atoms with Gasteiger partial charge in [-0.25, -0.2) is 4.98 Å². The average Bonchev–Trinajstić information content (AvgIpc) is 2.96. The summed E-state index contributed by atoms with van der Waals surface area (Å²) in [7, 11) is 0. The van der Waals surface area contributed by atoms with E-state index in [2.05, 4.69) is 15.6 Å². The summed E-state index contributed by atoms with van der Waals surface area (Å²) in [6.07, 6.45) is 1.55. The van der Waals surface area contributed by atoms with Gasteiger partial charge in [0.25, 0.3) is 5.91 Å². The van der Waals surface area contributed by atoms with Crippen molar-refractivity contribution in [3.8, 4) is 0 Å². The summed E-state index contributed by atoms with van der Waals surface area (Å²) in [6, 6.07) is 8.48. The van der Waals surface area contributed by atoms with Crippen LogP contribution in [0.25, 0.3) is 0 Å². The van der Waals surface area contributed by atoms with Crippen molar-refractivity contribution in [1.29, 1.82) is 0 Å². The molecule has 1 atom stereocenters. The molecule has 0 aliphatic rings. The minimum Gasteiger partial charge on any atom is -0.349 e. The summed E-state index contributed by atoms with van der Waals surface area (Å²) < 4.78 is 0. The molecule has 2 aromatic rings. The molecular weight excluding hydrogens is 314 g/mol. The van der Waals surface area contributed by atoms with Gasteiger partial charge in [0.2, 0.25) is 5.91 Å². The van der Waals surface area contributed by atoms with E-state index in [1.807, 2.05) is 6.07 Å². The van der Waals surface area contributed by atoms with E-state index in [1.54, 1.807) is 31.2 Å². The Bertz CT molecular complexity index is 712. The summed E-state index contributed by atoms with van der Waals surface area (Å²) >= 11 is 1.13. The average molecular weight is 331 g/mol. The second-order valence-electron chi connectivity index (χ2n) is 5.08. The van der Waals surface area contributed by atoms with Gasteiger partial charge in [0.15, 0.2) is 10.9 Å². The topological polar surface area (TPSA) is 88.2 Å². The molecule has 0 fully saturated rings. The zero-order valence-corrected chi connectivity index (χ0v) is 13.6. The van der Waals surface area contributed by atoms with E-state index >= 15 is 0 Å². The van der Waals surface area contributed by atoms with Crippen LogP contribution in [0.15, 0.2) is 36.5 Å². The molecule has 0 spiro atoms. The summed E-state index contributed by atoms with van der Waals surface area (Å²) in [6.45, 7) is 3.20. The van der Waals surface area contributed by atoms with Gasteiger partial charge >= 0.3 is 0 Å². The number of benzene rings is 1. The van der Waals surface area contributed by atoms with Crippen molar-refractivity contribution in [1.82, 2.24) is 10.3 Å². The Balaban J connectivity index is 1.84. The van der Waals surface area contributed by atoms with Crippen LogP contribution in [0, 0.1) is 0 Å². The van der Waals surface area contributed by atoms with Gasteiger partial charge in [-0.2, -0.15) is 0 Å². The van der Waals surface area contributed by atoms with Gasteiger partial charge in [-0.05, 0) is 19.1 Å². The molecule has 1 heterocycles. The molecule has 120 valence electrons. The Morgan fingerprint density at radius 1 is 1.22 bits per heavy atom. The van der Waals surface area contributed by atoms with E-state index in [-0.39, 0.29) is 30.1 Å². The largest absolute Gasteiger partial charge is 0.349 e. The smallest absolute Gasteiger partial charge is 0.251 e. The molecule has 1 aromatic heterocycles. The molecule has 0 radical (unpaired) electrons. The molecule has 1 unspecified atom stereocenters. The number of hydrogen-bond acceptors (Lipinski definition) is 5. The molecule has 2 N–H and O–H groups in total. The molecule has 1 aromatic carbocycles. The van der Waals surface area contributed by atoms with Crippen molar-refractivity contribution >= 4 is 34.1 Å². The number of carbonyl (C=O) groups is 3. The monoisotopic (exact) mass is 331 g/mol. The van der Waals surface area contributed by atoms with E-state index < -0.39 is 0 Å². The maximum absolute atomic E-state index is 12.0. The second kappa shape index (κ2) is 7.64. The lowest BCUT2D eigenvalue weighted by molar-refractivity contribution is -0.116. The first kappa shape index (κ1) is 16.8. The first-order valence-electron chi connectivity index (χ1n) is 7.08. The Kier molecular flexibility index (Phi) is 5.59. The number of nitrogens with zero attached hydrogens (tertiary/aromatic N) is 1. The van der Waals surface area contributed by atoms with Crippen LogP contribution in [0.3, 0.4) is 0 Å². The van der Waals surface area contributed by atoms with Crippen molar-refractivity contribution in [2.45, 2.75) is 26.3 Å². The molecule has 2 rings (SSSR count). The van der Waals surface area contributed by atoms with Gasteiger partial charge < -0.3 is 10.6 Å². The molecule has 0 bridgehead atoms. The SMILES string of the molecule is CC(=O)c1cnc(NC(=O)CC(C)NC(=O)c2ccccc2)s1. The number of hydrogen-bond donors (Lipinski definition) is 2. The predicted molar refractivity (Wildman–Crippen MR) is 88.7 cm³/mol. The minimum atomic E-state index is -0.324. The van der Waals surface area contributed by atoms with Crippen LogP contribution in [0.2, 0.25) is 0 Å². The molecule has 7 heteroatoms. The van der Waals surface area contributed by atoms with Crippen LogP contribution < -0.4 is 10.6 Å². The number of ketones is 1. The lowest BCUT2D eigenvalue weighted by Crippen LogP contribution is -2.35. The zero-order valence-electron chi connectivity index (χ0n) is 12.8. The molecule has 0 aliphatic heterocycles. The highest BCUT2D eigenvalue weighted by Gasteiger charge is 2.15. The quantitative estimate of drug-likeness (QED) is 0.796. The molecule has 0 saturated carbocycles. The van der Waals surface area contributed by atoms with Crippen LogP contribution in [-0.4, -0.2) is 28.6 Å². The standard InChI is InChI=1S/C16H17N3O3S/c1-10(18-15(22)12-6-4-3-5-7-12)8-14(21)19-16-17-9-13(23-16)11(2)20/h3-7,9-10H,8H2,1-2H3,(H,18,22)(H,17,19,21). The number of nitrogens with one attached hydrogen (secondary N) is 2. The van der Waals surface area contributed by atoms with E-state index in [0.29, 0.717) is 15.6 Å². The maximum atomic E-state index is 12.0. The van der Waals surface area contributed by atoms with Gasteiger partial charge in [0.05, 0.1) is 11.1 Å². The fourth-order valence-electron chi connectivity index (χ4n) is 1.89. The third kappa shape index (κ3) is 5.00. The molecule has 23 heavy (non-hydrogen) atoms. The summed E-state index contributed by atoms with van der Waals surface area (Å²) in [4.78, 5) is 39.6. The number of carbonyl (C=O) groups excluding carboxylic acids is 3. The molecule has 2 amide bonds. The van der Waals surface area contributed by atoms with Gasteiger partial charge in [-0.1, -0.05) is 29.5 Å². The summed E-state index contributed by atoms with van der Waals surface area (Å²) in [5.41, 5.74) is 0.547. The highest BCUT2D eigenvalue weighted by atomic mass is 32.1. The fourth-order valence-corrected chi connectivity index (χ4v) is 2.62. The first-order valence-corrected chi connectivity index (χ1v) is 7.90. The Labute approximate surface area is 137 Å². The van der Waals surface area contributed by atoms with E-state index in [1.165, 1.54) is 13.1 Å². The molecule has 0 saturated heterocycles. The van der Waals surface area contributed by atoms with Crippen LogP contribution in [-0.2, 0) is 4.79 Å². The van der Waals surface area contributed by atoms with E-state index in [0.717, 1.165) is 11.3 Å². The zero-order chi connectivity index (χ0) is 16.8. The summed E-state index contributed by atoms with van der Waals surface area (Å²) in [5.74, 6) is -0.583. The highest BCUT2D eigenvalue weighted by molar-refractivity contribution is 7.17. The van der Waals surface area contributed by atoms with Gasteiger partial charge in [-0.15, -0.1) is 0 Å². The predicted octanol–water partition coefficient (Wildman–Crippen LogP) is 2.49. The minimum absolute atomic E-state index is 0.0912. The second-order valence-corrected chi connectivity index (χ2v) is 6.11. The molecule has 0 aliphatic carbocycles. The number of rotatable bonds is 6. The number of Topliss-reactive ketones (excluding diaryl/α,β-unsaturated/α-hetero) is 1. The lowest BCUT2D eigenvalue weighted by Gasteiger charge is -2.13. The van der Waals surface area contributed by atoms with Crippen molar-refractivity contribution in [2.24, 2.45) is 0 Å². The number of anilines is 1. The van der Waals surface area contributed by atoms with Gasteiger partial charge in [-0.3, -0.25) is 14.4 Å². The van der Waals surface area contributed by atoms with Crippen molar-refractivity contribution < 1.29 is 14.4 Å². The van der Waals surface area contributed by atoms with Crippen LogP contribution >= 0.6 is 11.3 Å². The number of aromatic nitrogens is 1. The van der Waals surface area contributed by atoms with Gasteiger partial charge in [0, 0.05) is 24.9 Å². The Morgan fingerprint density at radius 3 is 2.52 bits per heavy atom. The Morgan fingerprint density at radius 2 is 1.91 bits per heavy atom. The third-order valence-electron chi connectivity index (χ3n) is 3.00. The van der Waals surface area contributed by atoms with Crippen LogP contribution in [0.4, 0.5) is 5.13 Å². The maximum Gasteiger partial charge on any atom is 0.251 e. The van der Waals surface area contributed by atoms with Crippen molar-refractivity contribution in [3.05, 3.63) is 47.0 Å². The Hall–Kier alpha value is -2.54. The van der Waals surface area contributed by atoms with Crippen molar-refractivity contribution in [2.75, 3.05) is 5.32 Å². The van der Waals surface area contributed by atoms with Crippen LogP contribution in [0.1, 0.15) is 40.3 Å². The lowest BCUT2D eigenvalue weighted by atomic mass is 10.1.